The Morgan fingerprint density at radius 3 is 2.59 bits per heavy atom. The largest absolute Gasteiger partial charge is 0.497 e. The minimum Gasteiger partial charge on any atom is -0.497 e. The number of aryl methyl sites for hydroxylation is 2. The number of anilines is 1. The highest BCUT2D eigenvalue weighted by molar-refractivity contribution is 8.15. The predicted molar refractivity (Wildman–Crippen MR) is 129 cm³/mol. The average molecular weight is 456 g/mol. The van der Waals surface area contributed by atoms with Crippen molar-refractivity contribution in [3.63, 3.8) is 0 Å². The van der Waals surface area contributed by atoms with E-state index in [1.54, 1.807) is 30.2 Å². The van der Waals surface area contributed by atoms with E-state index in [9.17, 15) is 9.59 Å². The van der Waals surface area contributed by atoms with Gasteiger partial charge in [-0.15, -0.1) is 0 Å². The number of rotatable bonds is 8. The molecule has 1 aliphatic rings. The number of thioether (sulfide) groups is 1. The number of methoxy groups -OCH3 is 2. The lowest BCUT2D eigenvalue weighted by molar-refractivity contribution is -0.128. The second kappa shape index (κ2) is 10.5. The first-order valence-corrected chi connectivity index (χ1v) is 11.4. The SMILES string of the molecule is CCCN1C(=O)C(CC(=O)Nc2ccc(OC)cc2OC)SC1=Nc1ccc(C)cc1C. The molecule has 170 valence electrons. The molecule has 1 N–H and O–H groups in total. The van der Waals surface area contributed by atoms with Gasteiger partial charge in [-0.2, -0.15) is 0 Å². The van der Waals surface area contributed by atoms with E-state index in [0.29, 0.717) is 28.9 Å². The molecule has 7 nitrogen and oxygen atoms in total. The molecule has 1 aliphatic heterocycles. The lowest BCUT2D eigenvalue weighted by Gasteiger charge is -2.15. The Morgan fingerprint density at radius 1 is 1.16 bits per heavy atom. The van der Waals surface area contributed by atoms with E-state index in [1.807, 2.05) is 32.9 Å². The molecule has 1 unspecified atom stereocenters. The van der Waals surface area contributed by atoms with Crippen LogP contribution in [0.25, 0.3) is 0 Å². The first-order valence-electron chi connectivity index (χ1n) is 10.5. The Balaban J connectivity index is 1.76. The monoisotopic (exact) mass is 455 g/mol. The molecule has 0 spiro atoms. The van der Waals surface area contributed by atoms with Gasteiger partial charge in [0, 0.05) is 19.0 Å². The zero-order valence-electron chi connectivity index (χ0n) is 19.1. The van der Waals surface area contributed by atoms with E-state index in [1.165, 1.54) is 18.9 Å². The van der Waals surface area contributed by atoms with E-state index >= 15 is 0 Å². The zero-order chi connectivity index (χ0) is 23.3. The van der Waals surface area contributed by atoms with Crippen molar-refractivity contribution in [3.05, 3.63) is 47.5 Å². The fourth-order valence-corrected chi connectivity index (χ4v) is 4.64. The van der Waals surface area contributed by atoms with Crippen LogP contribution in [0, 0.1) is 13.8 Å². The van der Waals surface area contributed by atoms with Crippen LogP contribution in [-0.2, 0) is 9.59 Å². The molecule has 8 heteroatoms. The molecule has 0 radical (unpaired) electrons. The lowest BCUT2D eigenvalue weighted by atomic mass is 10.1. The first-order chi connectivity index (χ1) is 15.4. The summed E-state index contributed by atoms with van der Waals surface area (Å²) < 4.78 is 10.5. The number of amides is 2. The Morgan fingerprint density at radius 2 is 1.94 bits per heavy atom. The maximum absolute atomic E-state index is 13.0. The van der Waals surface area contributed by atoms with Gasteiger partial charge in [-0.3, -0.25) is 14.5 Å². The molecular weight excluding hydrogens is 426 g/mol. The standard InChI is InChI=1S/C24H29N3O4S/c1-6-11-27-23(29)21(32-24(27)26-18-9-7-15(2)12-16(18)3)14-22(28)25-19-10-8-17(30-4)13-20(19)31-5/h7-10,12-13,21H,6,11,14H2,1-5H3,(H,25,28). The third-order valence-electron chi connectivity index (χ3n) is 5.09. The number of carbonyl (C=O) groups is 2. The number of nitrogens with one attached hydrogen (secondary N) is 1. The van der Waals surface area contributed by atoms with Crippen molar-refractivity contribution in [3.8, 4) is 11.5 Å². The third-order valence-corrected chi connectivity index (χ3v) is 6.26. The molecular formula is C24H29N3O4S. The summed E-state index contributed by atoms with van der Waals surface area (Å²) in [5, 5.41) is 2.97. The quantitative estimate of drug-likeness (QED) is 0.625. The summed E-state index contributed by atoms with van der Waals surface area (Å²) in [5.41, 5.74) is 3.58. The molecule has 2 aromatic carbocycles. The normalized spacial score (nSPS) is 17.0. The van der Waals surface area contributed by atoms with Crippen molar-refractivity contribution in [2.75, 3.05) is 26.1 Å². The van der Waals surface area contributed by atoms with Gasteiger partial charge in [-0.1, -0.05) is 36.4 Å². The summed E-state index contributed by atoms with van der Waals surface area (Å²) in [6, 6.07) is 11.2. The number of hydrogen-bond donors (Lipinski definition) is 1. The summed E-state index contributed by atoms with van der Waals surface area (Å²) in [6.07, 6.45) is 0.852. The molecule has 32 heavy (non-hydrogen) atoms. The van der Waals surface area contributed by atoms with E-state index in [2.05, 4.69) is 11.4 Å². The van der Waals surface area contributed by atoms with Gasteiger partial charge in [-0.05, 0) is 44.0 Å². The van der Waals surface area contributed by atoms with Crippen molar-refractivity contribution < 1.29 is 19.1 Å². The van der Waals surface area contributed by atoms with Gasteiger partial charge < -0.3 is 14.8 Å². The number of aliphatic imine (C=N–C) groups is 1. The van der Waals surface area contributed by atoms with Gasteiger partial charge in [-0.25, -0.2) is 4.99 Å². The summed E-state index contributed by atoms with van der Waals surface area (Å²) in [7, 11) is 3.09. The van der Waals surface area contributed by atoms with Gasteiger partial charge in [0.25, 0.3) is 0 Å². The predicted octanol–water partition coefficient (Wildman–Crippen LogP) is 4.69. The van der Waals surface area contributed by atoms with Crippen LogP contribution in [0.5, 0.6) is 11.5 Å². The molecule has 0 saturated carbocycles. The van der Waals surface area contributed by atoms with Crippen molar-refractivity contribution in [2.45, 2.75) is 38.9 Å². The minimum atomic E-state index is -0.518. The molecule has 1 saturated heterocycles. The van der Waals surface area contributed by atoms with Gasteiger partial charge >= 0.3 is 0 Å². The van der Waals surface area contributed by atoms with E-state index in [4.69, 9.17) is 14.5 Å². The number of carbonyl (C=O) groups excluding carboxylic acids is 2. The average Bonchev–Trinajstić information content (AvgIpc) is 3.05. The molecule has 2 amide bonds. The smallest absolute Gasteiger partial charge is 0.242 e. The van der Waals surface area contributed by atoms with E-state index < -0.39 is 5.25 Å². The van der Waals surface area contributed by atoms with E-state index in [-0.39, 0.29) is 18.2 Å². The number of ether oxygens (including phenoxy) is 2. The molecule has 1 fully saturated rings. The molecule has 0 aromatic heterocycles. The van der Waals surface area contributed by atoms with Crippen LogP contribution in [-0.4, -0.2) is 47.9 Å². The summed E-state index contributed by atoms with van der Waals surface area (Å²) >= 11 is 1.34. The highest BCUT2D eigenvalue weighted by Gasteiger charge is 2.38. The van der Waals surface area contributed by atoms with Gasteiger partial charge in [0.05, 0.1) is 25.6 Å². The van der Waals surface area contributed by atoms with Crippen LogP contribution in [0.1, 0.15) is 30.9 Å². The Hall–Kier alpha value is -3.00. The highest BCUT2D eigenvalue weighted by Crippen LogP contribution is 2.34. The second-order valence-corrected chi connectivity index (χ2v) is 8.77. The Kier molecular flexibility index (Phi) is 7.80. The number of amidine groups is 1. The summed E-state index contributed by atoms with van der Waals surface area (Å²) in [6.45, 7) is 6.63. The maximum atomic E-state index is 13.0. The molecule has 2 aromatic rings. The van der Waals surface area contributed by atoms with Crippen LogP contribution in [0.4, 0.5) is 11.4 Å². The number of nitrogens with zero attached hydrogens (tertiary/aromatic N) is 2. The van der Waals surface area contributed by atoms with Crippen LogP contribution in [0.2, 0.25) is 0 Å². The highest BCUT2D eigenvalue weighted by atomic mass is 32.2. The van der Waals surface area contributed by atoms with Crippen molar-refractivity contribution >= 4 is 40.1 Å². The maximum Gasteiger partial charge on any atom is 0.242 e. The fourth-order valence-electron chi connectivity index (χ4n) is 3.46. The van der Waals surface area contributed by atoms with Crippen molar-refractivity contribution in [1.29, 1.82) is 0 Å². The fraction of sp³-hybridized carbons (Fsp3) is 0.375. The summed E-state index contributed by atoms with van der Waals surface area (Å²) in [4.78, 5) is 32.2. The molecule has 0 aliphatic carbocycles. The topological polar surface area (TPSA) is 80.2 Å². The van der Waals surface area contributed by atoms with Crippen molar-refractivity contribution in [1.82, 2.24) is 4.90 Å². The Labute approximate surface area is 193 Å². The third kappa shape index (κ3) is 5.43. The van der Waals surface area contributed by atoms with Crippen LogP contribution >= 0.6 is 11.8 Å². The van der Waals surface area contributed by atoms with E-state index in [0.717, 1.165) is 23.2 Å². The molecule has 1 heterocycles. The minimum absolute atomic E-state index is 0.0464. The van der Waals surface area contributed by atoms with Gasteiger partial charge in [0.15, 0.2) is 5.17 Å². The lowest BCUT2D eigenvalue weighted by Crippen LogP contribution is -2.34. The molecule has 1 atom stereocenters. The van der Waals surface area contributed by atoms with Crippen molar-refractivity contribution in [2.24, 2.45) is 4.99 Å². The van der Waals surface area contributed by atoms with Gasteiger partial charge in [0.2, 0.25) is 11.8 Å². The van der Waals surface area contributed by atoms with Crippen LogP contribution in [0.15, 0.2) is 41.4 Å². The van der Waals surface area contributed by atoms with Gasteiger partial charge in [0.1, 0.15) is 16.7 Å². The molecule has 3 rings (SSSR count). The number of hydrogen-bond acceptors (Lipinski definition) is 6. The number of benzene rings is 2. The first kappa shape index (κ1) is 23.7. The molecule has 0 bridgehead atoms. The van der Waals surface area contributed by atoms with Crippen LogP contribution in [0.3, 0.4) is 0 Å². The van der Waals surface area contributed by atoms with Crippen LogP contribution < -0.4 is 14.8 Å². The Bertz CT molecular complexity index is 1040. The zero-order valence-corrected chi connectivity index (χ0v) is 19.9. The summed E-state index contributed by atoms with van der Waals surface area (Å²) in [5.74, 6) is 0.775. The second-order valence-electron chi connectivity index (χ2n) is 7.60.